The Morgan fingerprint density at radius 1 is 1.33 bits per heavy atom. The maximum absolute atomic E-state index is 13.3. The lowest BCUT2D eigenvalue weighted by atomic mass is 9.84. The van der Waals surface area contributed by atoms with Crippen LogP contribution in [-0.2, 0) is 9.53 Å². The first-order valence-electron chi connectivity index (χ1n) is 9.40. The molecule has 0 unspecified atom stereocenters. The quantitative estimate of drug-likeness (QED) is 0.482. The van der Waals surface area contributed by atoms with E-state index in [4.69, 9.17) is 4.74 Å². The van der Waals surface area contributed by atoms with Gasteiger partial charge in [-0.2, -0.15) is 0 Å². The van der Waals surface area contributed by atoms with Crippen LogP contribution in [0.2, 0.25) is 0 Å². The van der Waals surface area contributed by atoms with Crippen molar-refractivity contribution < 1.29 is 19.2 Å². The molecule has 1 aliphatic heterocycles. The van der Waals surface area contributed by atoms with Gasteiger partial charge in [-0.15, -0.1) is 0 Å². The van der Waals surface area contributed by atoms with Crippen molar-refractivity contribution in [3.05, 3.63) is 33.9 Å². The highest BCUT2D eigenvalue weighted by Crippen LogP contribution is 2.41. The van der Waals surface area contributed by atoms with Gasteiger partial charge in [0.1, 0.15) is 11.7 Å². The van der Waals surface area contributed by atoms with Crippen LogP contribution in [-0.4, -0.2) is 47.4 Å². The van der Waals surface area contributed by atoms with E-state index in [9.17, 15) is 19.7 Å². The number of hydrogen-bond acceptors (Lipinski definition) is 6. The van der Waals surface area contributed by atoms with Crippen LogP contribution in [0.25, 0.3) is 0 Å². The molecule has 0 spiro atoms. The highest BCUT2D eigenvalue weighted by atomic mass is 16.6. The SMILES string of the molecule is CCNc1ccc(C(=O)N2[C@@H]3CCCC[C@@H]3C[C@H]2C(=O)OC)cc1[N+](=O)[O-]. The summed E-state index contributed by atoms with van der Waals surface area (Å²) in [7, 11) is 1.32. The average Bonchev–Trinajstić information content (AvgIpc) is 3.06. The van der Waals surface area contributed by atoms with E-state index in [1.165, 1.54) is 13.2 Å². The molecule has 1 amide bonds. The van der Waals surface area contributed by atoms with E-state index in [0.29, 0.717) is 18.7 Å². The van der Waals surface area contributed by atoms with Crippen LogP contribution in [0, 0.1) is 16.0 Å². The standard InChI is InChI=1S/C19H25N3O5/c1-3-20-14-9-8-13(11-16(14)22(25)26)18(23)21-15-7-5-4-6-12(15)10-17(21)19(24)27-2/h8-9,11-12,15,17,20H,3-7,10H2,1-2H3/t12-,15-,17+/m1/s1. The number of amides is 1. The number of nitrogens with one attached hydrogen (secondary N) is 1. The molecule has 2 aliphatic rings. The minimum atomic E-state index is -0.622. The van der Waals surface area contributed by atoms with Gasteiger partial charge in [0.2, 0.25) is 0 Å². The molecular weight excluding hydrogens is 350 g/mol. The number of fused-ring (bicyclic) bond motifs is 1. The normalized spacial score (nSPS) is 24.2. The zero-order valence-electron chi connectivity index (χ0n) is 15.6. The third-order valence-corrected chi connectivity index (χ3v) is 5.60. The lowest BCUT2D eigenvalue weighted by Crippen LogP contribution is -2.46. The first-order valence-corrected chi connectivity index (χ1v) is 9.40. The number of nitro benzene ring substituents is 1. The summed E-state index contributed by atoms with van der Waals surface area (Å²) in [6, 6.07) is 3.80. The van der Waals surface area contributed by atoms with Crippen LogP contribution in [0.5, 0.6) is 0 Å². The molecule has 146 valence electrons. The second kappa shape index (κ2) is 7.94. The number of rotatable bonds is 5. The Labute approximate surface area is 158 Å². The molecular formula is C19H25N3O5. The molecule has 1 aromatic carbocycles. The van der Waals surface area contributed by atoms with Crippen LogP contribution in [0.15, 0.2) is 18.2 Å². The average molecular weight is 375 g/mol. The molecule has 0 radical (unpaired) electrons. The van der Waals surface area contributed by atoms with Crippen LogP contribution in [0.3, 0.4) is 0 Å². The van der Waals surface area contributed by atoms with Crippen molar-refractivity contribution in [3.63, 3.8) is 0 Å². The zero-order valence-corrected chi connectivity index (χ0v) is 15.6. The third-order valence-electron chi connectivity index (χ3n) is 5.60. The summed E-state index contributed by atoms with van der Waals surface area (Å²) >= 11 is 0. The van der Waals surface area contributed by atoms with Gasteiger partial charge in [0.05, 0.1) is 12.0 Å². The summed E-state index contributed by atoms with van der Waals surface area (Å²) in [6.07, 6.45) is 4.54. The molecule has 1 saturated heterocycles. The van der Waals surface area contributed by atoms with Gasteiger partial charge in [0.25, 0.3) is 11.6 Å². The molecule has 27 heavy (non-hydrogen) atoms. The van der Waals surface area contributed by atoms with Gasteiger partial charge in [-0.25, -0.2) is 4.79 Å². The smallest absolute Gasteiger partial charge is 0.328 e. The summed E-state index contributed by atoms with van der Waals surface area (Å²) in [6.45, 7) is 2.38. The van der Waals surface area contributed by atoms with E-state index in [1.807, 2.05) is 6.92 Å². The number of carbonyl (C=O) groups is 2. The van der Waals surface area contributed by atoms with Crippen molar-refractivity contribution in [2.45, 2.75) is 51.1 Å². The van der Waals surface area contributed by atoms with Gasteiger partial charge in [-0.05, 0) is 44.2 Å². The lowest BCUT2D eigenvalue weighted by molar-refractivity contribution is -0.384. The minimum Gasteiger partial charge on any atom is -0.467 e. The topological polar surface area (TPSA) is 102 Å². The van der Waals surface area contributed by atoms with Gasteiger partial charge in [0.15, 0.2) is 0 Å². The second-order valence-corrected chi connectivity index (χ2v) is 7.12. The first-order chi connectivity index (χ1) is 13.0. The van der Waals surface area contributed by atoms with Gasteiger partial charge >= 0.3 is 5.97 Å². The second-order valence-electron chi connectivity index (χ2n) is 7.12. The van der Waals surface area contributed by atoms with Gasteiger partial charge in [-0.3, -0.25) is 14.9 Å². The Kier molecular flexibility index (Phi) is 5.62. The zero-order chi connectivity index (χ0) is 19.6. The number of esters is 1. The molecule has 2 fully saturated rings. The predicted molar refractivity (Wildman–Crippen MR) is 99.6 cm³/mol. The number of nitro groups is 1. The number of benzene rings is 1. The fraction of sp³-hybridized carbons (Fsp3) is 0.579. The van der Waals surface area contributed by atoms with Crippen molar-refractivity contribution in [1.29, 1.82) is 0 Å². The molecule has 1 saturated carbocycles. The van der Waals surface area contributed by atoms with Gasteiger partial charge in [0, 0.05) is 24.2 Å². The van der Waals surface area contributed by atoms with E-state index in [0.717, 1.165) is 25.7 Å². The van der Waals surface area contributed by atoms with Crippen LogP contribution in [0.4, 0.5) is 11.4 Å². The number of carbonyl (C=O) groups excluding carboxylic acids is 2. The predicted octanol–water partition coefficient (Wildman–Crippen LogP) is 2.97. The number of likely N-dealkylation sites (tertiary alicyclic amines) is 1. The first kappa shape index (κ1) is 19.1. The maximum Gasteiger partial charge on any atom is 0.328 e. The van der Waals surface area contributed by atoms with Crippen molar-refractivity contribution in [2.75, 3.05) is 19.0 Å². The molecule has 1 aromatic rings. The number of methoxy groups -OCH3 is 1. The summed E-state index contributed by atoms with van der Waals surface area (Å²) in [4.78, 5) is 38.1. The van der Waals surface area contributed by atoms with Crippen molar-refractivity contribution >= 4 is 23.3 Å². The van der Waals surface area contributed by atoms with Crippen molar-refractivity contribution in [3.8, 4) is 0 Å². The maximum atomic E-state index is 13.3. The van der Waals surface area contributed by atoms with Gasteiger partial charge in [-0.1, -0.05) is 12.8 Å². The Morgan fingerprint density at radius 2 is 2.07 bits per heavy atom. The lowest BCUT2D eigenvalue weighted by Gasteiger charge is -2.33. The highest BCUT2D eigenvalue weighted by Gasteiger charge is 2.48. The van der Waals surface area contributed by atoms with E-state index >= 15 is 0 Å². The molecule has 1 N–H and O–H groups in total. The molecule has 8 nitrogen and oxygen atoms in total. The van der Waals surface area contributed by atoms with E-state index in [2.05, 4.69) is 5.32 Å². The summed E-state index contributed by atoms with van der Waals surface area (Å²) in [5.41, 5.74) is 0.459. The van der Waals surface area contributed by atoms with E-state index < -0.39 is 16.9 Å². The summed E-state index contributed by atoms with van der Waals surface area (Å²) in [5, 5.41) is 14.3. The van der Waals surface area contributed by atoms with E-state index in [1.54, 1.807) is 17.0 Å². The fourth-order valence-corrected chi connectivity index (χ4v) is 4.40. The van der Waals surface area contributed by atoms with Crippen LogP contribution >= 0.6 is 0 Å². The van der Waals surface area contributed by atoms with Gasteiger partial charge < -0.3 is 15.0 Å². The Balaban J connectivity index is 1.95. The number of anilines is 1. The highest BCUT2D eigenvalue weighted by molar-refractivity contribution is 5.98. The molecule has 1 heterocycles. The van der Waals surface area contributed by atoms with Crippen LogP contribution in [0.1, 0.15) is 49.4 Å². The summed E-state index contributed by atoms with van der Waals surface area (Å²) in [5.74, 6) is -0.481. The number of ether oxygens (including phenoxy) is 1. The van der Waals surface area contributed by atoms with Crippen LogP contribution < -0.4 is 5.32 Å². The van der Waals surface area contributed by atoms with Crippen molar-refractivity contribution in [1.82, 2.24) is 4.90 Å². The molecule has 3 rings (SSSR count). The Morgan fingerprint density at radius 3 is 2.74 bits per heavy atom. The Bertz CT molecular complexity index is 751. The number of nitrogens with zero attached hydrogens (tertiary/aromatic N) is 2. The fourth-order valence-electron chi connectivity index (χ4n) is 4.40. The monoisotopic (exact) mass is 375 g/mol. The molecule has 0 aromatic heterocycles. The molecule has 3 atom stereocenters. The number of hydrogen-bond donors (Lipinski definition) is 1. The molecule has 1 aliphatic carbocycles. The minimum absolute atomic E-state index is 0.0113. The van der Waals surface area contributed by atoms with E-state index in [-0.39, 0.29) is 29.1 Å². The largest absolute Gasteiger partial charge is 0.467 e. The van der Waals surface area contributed by atoms with Crippen molar-refractivity contribution in [2.24, 2.45) is 5.92 Å². The Hall–Kier alpha value is -2.64. The summed E-state index contributed by atoms with van der Waals surface area (Å²) < 4.78 is 4.92. The molecule has 8 heteroatoms. The molecule has 0 bridgehead atoms. The third kappa shape index (κ3) is 3.61.